The fraction of sp³-hybridized carbons (Fsp3) is 0.684. The molecule has 4 aliphatic heterocycles. The number of methoxy groups -OCH3 is 2. The maximum Gasteiger partial charge on any atom is 0.322 e. The van der Waals surface area contributed by atoms with Gasteiger partial charge < -0.3 is 51.2 Å². The van der Waals surface area contributed by atoms with Crippen molar-refractivity contribution in [3.63, 3.8) is 0 Å². The Balaban J connectivity index is 1.61. The summed E-state index contributed by atoms with van der Waals surface area (Å²) >= 11 is 0. The fourth-order valence-electron chi connectivity index (χ4n) is 11.0. The predicted octanol–water partition coefficient (Wildman–Crippen LogP) is 0.420. The van der Waals surface area contributed by atoms with Gasteiger partial charge in [0.2, 0.25) is 0 Å². The maximum atomic E-state index is 14.3. The van der Waals surface area contributed by atoms with Crippen LogP contribution >= 0.6 is 0 Å². The van der Waals surface area contributed by atoms with Crippen LogP contribution in [-0.4, -0.2) is 127 Å². The number of nitrogens with two attached hydrogens (primary N) is 1. The summed E-state index contributed by atoms with van der Waals surface area (Å²) in [6, 6.07) is 2.59. The molecular formula is C38H57N5O8. The van der Waals surface area contributed by atoms with E-state index in [-0.39, 0.29) is 37.2 Å². The molecule has 0 bridgehead atoms. The number of esters is 1. The molecule has 0 aromatic heterocycles. The monoisotopic (exact) mass is 711 g/mol. The van der Waals surface area contributed by atoms with E-state index in [9.17, 15) is 30.0 Å². The SMILES string of the molecule is C=C(N)C(CC1CNCC(O)(CC)C1)(C(=O)OC)c1cc2c(cc1OC)N(C)[C@H]1C23CCN2CC=C[C@](CC)(C23)[C@@H](O)[C@]1(O)C(=O)NCCCO. The van der Waals surface area contributed by atoms with Gasteiger partial charge in [0.1, 0.15) is 17.3 Å². The highest BCUT2D eigenvalue weighted by atomic mass is 16.5. The Bertz CT molecular complexity index is 1590. The molecule has 1 amide bonds. The van der Waals surface area contributed by atoms with Gasteiger partial charge in [0, 0.05) is 73.2 Å². The van der Waals surface area contributed by atoms with Gasteiger partial charge in [0.15, 0.2) is 5.60 Å². The molecular weight excluding hydrogens is 654 g/mol. The first-order chi connectivity index (χ1) is 24.2. The number of benzene rings is 1. The minimum absolute atomic E-state index is 0.0778. The van der Waals surface area contributed by atoms with E-state index >= 15 is 0 Å². The lowest BCUT2D eigenvalue weighted by Crippen LogP contribution is -2.81. The standard InChI is InChI=1S/C38H57N5O8/c1-7-34(48)19-24(21-40-22-34)20-37(23(3)39,33(47)51-6)26-17-25-27(18-28(26)50-5)42(4)30-36(25)12-15-43-14-9-11-35(8-2,29(36)43)31(45)38(30,49)32(46)41-13-10-16-44/h9,11,17-18,24,29-31,40,44-45,48-49H,3,7-8,10,12-16,19-22,39H2,1-2,4-6H3,(H,41,46)/t24?,29?,30-,31+,34?,35+,36?,37?,38-/m0/s1. The molecule has 2 saturated heterocycles. The number of amides is 1. The number of aliphatic hydroxyl groups is 4. The molecule has 13 nitrogen and oxygen atoms in total. The Morgan fingerprint density at radius 1 is 1.20 bits per heavy atom. The fourth-order valence-corrected chi connectivity index (χ4v) is 11.0. The second-order valence-electron chi connectivity index (χ2n) is 15.6. The van der Waals surface area contributed by atoms with E-state index in [0.717, 1.165) is 5.56 Å². The van der Waals surface area contributed by atoms with Crippen LogP contribution in [0.2, 0.25) is 0 Å². The number of hydrogen-bond acceptors (Lipinski definition) is 12. The van der Waals surface area contributed by atoms with Crippen LogP contribution in [0.25, 0.3) is 0 Å². The summed E-state index contributed by atoms with van der Waals surface area (Å²) in [6.07, 6.45) is 5.04. The van der Waals surface area contributed by atoms with Crippen LogP contribution < -0.4 is 26.0 Å². The van der Waals surface area contributed by atoms with Gasteiger partial charge in [-0.3, -0.25) is 14.5 Å². The number of rotatable bonds is 12. The molecule has 282 valence electrons. The Kier molecular flexibility index (Phi) is 9.82. The maximum absolute atomic E-state index is 14.3. The summed E-state index contributed by atoms with van der Waals surface area (Å²) in [7, 11) is 4.66. The van der Waals surface area contributed by atoms with E-state index in [1.54, 1.807) is 0 Å². The quantitative estimate of drug-likeness (QED) is 0.0901. The van der Waals surface area contributed by atoms with E-state index in [0.29, 0.717) is 75.3 Å². The van der Waals surface area contributed by atoms with Gasteiger partial charge in [-0.05, 0) is 69.2 Å². The highest BCUT2D eigenvalue weighted by Crippen LogP contribution is 2.67. The summed E-state index contributed by atoms with van der Waals surface area (Å²) < 4.78 is 11.6. The molecule has 1 saturated carbocycles. The van der Waals surface area contributed by atoms with E-state index < -0.39 is 51.5 Å². The van der Waals surface area contributed by atoms with Gasteiger partial charge in [-0.15, -0.1) is 0 Å². The summed E-state index contributed by atoms with van der Waals surface area (Å²) in [5.41, 5.74) is 2.10. The van der Waals surface area contributed by atoms with Gasteiger partial charge in [0.05, 0.1) is 25.9 Å². The molecule has 1 aromatic rings. The molecule has 5 unspecified atom stereocenters. The number of nitrogens with one attached hydrogen (secondary N) is 2. The van der Waals surface area contributed by atoms with Crippen molar-refractivity contribution in [2.45, 2.75) is 92.6 Å². The van der Waals surface area contributed by atoms with E-state index in [4.69, 9.17) is 15.2 Å². The highest BCUT2D eigenvalue weighted by Gasteiger charge is 2.78. The van der Waals surface area contributed by atoms with Crippen LogP contribution in [0.1, 0.15) is 63.5 Å². The average molecular weight is 712 g/mol. The topological polar surface area (TPSA) is 190 Å². The highest BCUT2D eigenvalue weighted by molar-refractivity contribution is 5.92. The Morgan fingerprint density at radius 2 is 1.94 bits per heavy atom. The zero-order chi connectivity index (χ0) is 37.1. The predicted molar refractivity (Wildman–Crippen MR) is 192 cm³/mol. The Labute approximate surface area is 300 Å². The zero-order valence-corrected chi connectivity index (χ0v) is 30.7. The number of carbonyl (C=O) groups excluding carboxylic acids is 2. The van der Waals surface area contributed by atoms with Crippen LogP contribution in [-0.2, 0) is 25.2 Å². The van der Waals surface area contributed by atoms with Crippen molar-refractivity contribution in [1.82, 2.24) is 15.5 Å². The third kappa shape index (κ3) is 5.09. The van der Waals surface area contributed by atoms with Crippen molar-refractivity contribution < 1.29 is 39.5 Å². The van der Waals surface area contributed by atoms with Crippen molar-refractivity contribution in [2.24, 2.45) is 17.1 Å². The van der Waals surface area contributed by atoms with Gasteiger partial charge >= 0.3 is 5.97 Å². The van der Waals surface area contributed by atoms with Crippen molar-refractivity contribution in [3.8, 4) is 5.75 Å². The third-order valence-electron chi connectivity index (χ3n) is 13.3. The van der Waals surface area contributed by atoms with Crippen LogP contribution in [0.4, 0.5) is 5.69 Å². The van der Waals surface area contributed by atoms with Crippen LogP contribution in [0.3, 0.4) is 0 Å². The number of β-amino-alcohol motifs (C(OH)–C–C–N with tert-alkyl or cyclic N) is 1. The van der Waals surface area contributed by atoms with Crippen LogP contribution in [0.5, 0.6) is 5.75 Å². The number of anilines is 1. The summed E-state index contributed by atoms with van der Waals surface area (Å²) in [5, 5.41) is 52.2. The number of piperidine rings is 1. The van der Waals surface area contributed by atoms with Crippen LogP contribution in [0.15, 0.2) is 36.6 Å². The number of nitrogens with zero attached hydrogens (tertiary/aromatic N) is 2. The van der Waals surface area contributed by atoms with E-state index in [1.807, 2.05) is 50.1 Å². The van der Waals surface area contributed by atoms with Gasteiger partial charge in [-0.25, -0.2) is 0 Å². The molecule has 1 aliphatic carbocycles. The molecule has 4 heterocycles. The summed E-state index contributed by atoms with van der Waals surface area (Å²) in [6.45, 7) is 10.4. The number of fused-ring (bicyclic) bond motifs is 1. The summed E-state index contributed by atoms with van der Waals surface area (Å²) in [5.74, 6) is -1.12. The van der Waals surface area contributed by atoms with Gasteiger partial charge in [0.25, 0.3) is 5.91 Å². The molecule has 0 radical (unpaired) electrons. The minimum atomic E-state index is -2.27. The lowest BCUT2D eigenvalue weighted by Gasteiger charge is -2.63. The molecule has 5 aliphatic rings. The normalized spacial score (nSPS) is 36.5. The van der Waals surface area contributed by atoms with Crippen molar-refractivity contribution >= 4 is 17.6 Å². The number of hydrogen-bond donors (Lipinski definition) is 7. The van der Waals surface area contributed by atoms with Crippen LogP contribution in [0, 0.1) is 11.3 Å². The molecule has 3 fully saturated rings. The first-order valence-electron chi connectivity index (χ1n) is 18.4. The molecule has 6 rings (SSSR count). The number of aliphatic hydroxyl groups excluding tert-OH is 2. The van der Waals surface area contributed by atoms with Gasteiger partial charge in [-0.2, -0.15) is 0 Å². The lowest BCUT2D eigenvalue weighted by molar-refractivity contribution is -0.203. The number of ether oxygens (including phenoxy) is 2. The largest absolute Gasteiger partial charge is 0.496 e. The molecule has 13 heteroatoms. The van der Waals surface area contributed by atoms with Gasteiger partial charge in [-0.1, -0.05) is 32.6 Å². The average Bonchev–Trinajstić information content (AvgIpc) is 3.63. The zero-order valence-electron chi connectivity index (χ0n) is 30.7. The Morgan fingerprint density at radius 3 is 2.57 bits per heavy atom. The first-order valence-corrected chi connectivity index (χ1v) is 18.4. The lowest BCUT2D eigenvalue weighted by atomic mass is 9.47. The van der Waals surface area contributed by atoms with Crippen molar-refractivity contribution in [2.75, 3.05) is 65.5 Å². The molecule has 9 atom stereocenters. The molecule has 1 spiro atoms. The van der Waals surface area contributed by atoms with Crippen molar-refractivity contribution in [3.05, 3.63) is 47.7 Å². The van der Waals surface area contributed by atoms with Crippen molar-refractivity contribution in [1.29, 1.82) is 0 Å². The molecule has 1 aromatic carbocycles. The molecule has 8 N–H and O–H groups in total. The first kappa shape index (κ1) is 37.6. The van der Waals surface area contributed by atoms with E-state index in [2.05, 4.69) is 22.1 Å². The second-order valence-corrected chi connectivity index (χ2v) is 15.6. The Hall–Kier alpha value is -3.20. The molecule has 51 heavy (non-hydrogen) atoms. The van der Waals surface area contributed by atoms with E-state index in [1.165, 1.54) is 14.2 Å². The smallest absolute Gasteiger partial charge is 0.322 e. The minimum Gasteiger partial charge on any atom is -0.496 e. The third-order valence-corrected chi connectivity index (χ3v) is 13.3. The number of likely N-dealkylation sites (N-methyl/N-ethyl adjacent to an activating group) is 1. The second kappa shape index (κ2) is 13.3. The summed E-state index contributed by atoms with van der Waals surface area (Å²) in [4.78, 5) is 32.8. The number of carbonyl (C=O) groups is 2.